The van der Waals surface area contributed by atoms with Gasteiger partial charge in [-0.05, 0) is 38.0 Å². The SMILES string of the molecule is N#CCC1=C(C2CCCC2)CCC1. The summed E-state index contributed by atoms with van der Waals surface area (Å²) in [6.07, 6.45) is 10.1. The fourth-order valence-electron chi connectivity index (χ4n) is 2.89. The number of nitrogens with zero attached hydrogens (tertiary/aromatic N) is 1. The van der Waals surface area contributed by atoms with E-state index in [2.05, 4.69) is 6.07 Å². The molecule has 70 valence electrons. The maximum atomic E-state index is 8.70. The molecule has 0 N–H and O–H groups in total. The van der Waals surface area contributed by atoms with E-state index in [1.807, 2.05) is 0 Å². The third-order valence-electron chi connectivity index (χ3n) is 3.52. The van der Waals surface area contributed by atoms with Gasteiger partial charge in [0.1, 0.15) is 0 Å². The van der Waals surface area contributed by atoms with Gasteiger partial charge < -0.3 is 0 Å². The maximum absolute atomic E-state index is 8.70. The number of nitriles is 1. The molecule has 0 aliphatic heterocycles. The maximum Gasteiger partial charge on any atom is 0.0666 e. The van der Waals surface area contributed by atoms with E-state index >= 15 is 0 Å². The van der Waals surface area contributed by atoms with Gasteiger partial charge in [-0.25, -0.2) is 0 Å². The molecule has 0 saturated heterocycles. The van der Waals surface area contributed by atoms with Crippen molar-refractivity contribution in [2.24, 2.45) is 5.92 Å². The van der Waals surface area contributed by atoms with Crippen molar-refractivity contribution in [1.82, 2.24) is 0 Å². The first-order valence-electron chi connectivity index (χ1n) is 5.49. The van der Waals surface area contributed by atoms with Crippen LogP contribution in [0.15, 0.2) is 11.1 Å². The zero-order valence-electron chi connectivity index (χ0n) is 8.18. The van der Waals surface area contributed by atoms with Crippen LogP contribution in [0, 0.1) is 17.2 Å². The molecule has 2 aliphatic carbocycles. The predicted octanol–water partition coefficient (Wildman–Crippen LogP) is 3.57. The third kappa shape index (κ3) is 1.77. The third-order valence-corrected chi connectivity index (χ3v) is 3.52. The molecule has 0 heterocycles. The number of allylic oxidation sites excluding steroid dienone is 2. The van der Waals surface area contributed by atoms with Crippen LogP contribution in [0.2, 0.25) is 0 Å². The van der Waals surface area contributed by atoms with E-state index in [4.69, 9.17) is 5.26 Å². The topological polar surface area (TPSA) is 23.8 Å². The predicted molar refractivity (Wildman–Crippen MR) is 53.1 cm³/mol. The van der Waals surface area contributed by atoms with Crippen LogP contribution >= 0.6 is 0 Å². The van der Waals surface area contributed by atoms with Crippen LogP contribution in [0.3, 0.4) is 0 Å². The van der Waals surface area contributed by atoms with Gasteiger partial charge >= 0.3 is 0 Å². The Morgan fingerprint density at radius 2 is 1.92 bits per heavy atom. The van der Waals surface area contributed by atoms with Crippen molar-refractivity contribution >= 4 is 0 Å². The minimum absolute atomic E-state index is 0.700. The quantitative estimate of drug-likeness (QED) is 0.588. The molecular weight excluding hydrogens is 158 g/mol. The fourth-order valence-corrected chi connectivity index (χ4v) is 2.89. The normalized spacial score (nSPS) is 23.9. The van der Waals surface area contributed by atoms with E-state index in [-0.39, 0.29) is 0 Å². The molecule has 0 atom stereocenters. The van der Waals surface area contributed by atoms with Gasteiger partial charge in [-0.3, -0.25) is 0 Å². The highest BCUT2D eigenvalue weighted by Crippen LogP contribution is 2.40. The van der Waals surface area contributed by atoms with Crippen molar-refractivity contribution in [3.8, 4) is 6.07 Å². The molecule has 0 amide bonds. The molecule has 13 heavy (non-hydrogen) atoms. The largest absolute Gasteiger partial charge is 0.198 e. The lowest BCUT2D eigenvalue weighted by atomic mass is 9.93. The van der Waals surface area contributed by atoms with Crippen molar-refractivity contribution < 1.29 is 0 Å². The lowest BCUT2D eigenvalue weighted by molar-refractivity contribution is 0.617. The van der Waals surface area contributed by atoms with Crippen molar-refractivity contribution in [3.05, 3.63) is 11.1 Å². The Hall–Kier alpha value is -0.770. The van der Waals surface area contributed by atoms with Gasteiger partial charge in [0.05, 0.1) is 12.5 Å². The molecule has 1 heteroatoms. The van der Waals surface area contributed by atoms with Gasteiger partial charge in [0, 0.05) is 0 Å². The summed E-state index contributed by atoms with van der Waals surface area (Å²) in [6, 6.07) is 2.31. The second kappa shape index (κ2) is 3.96. The molecule has 1 saturated carbocycles. The minimum atomic E-state index is 0.700. The zero-order valence-corrected chi connectivity index (χ0v) is 8.18. The van der Waals surface area contributed by atoms with E-state index < -0.39 is 0 Å². The highest BCUT2D eigenvalue weighted by Gasteiger charge is 2.24. The van der Waals surface area contributed by atoms with Gasteiger partial charge in [0.15, 0.2) is 0 Å². The molecule has 1 nitrogen and oxygen atoms in total. The fraction of sp³-hybridized carbons (Fsp3) is 0.750. The molecule has 0 radical (unpaired) electrons. The first kappa shape index (κ1) is 8.81. The van der Waals surface area contributed by atoms with Crippen LogP contribution in [-0.4, -0.2) is 0 Å². The second-order valence-corrected chi connectivity index (χ2v) is 4.30. The summed E-state index contributed by atoms with van der Waals surface area (Å²) in [4.78, 5) is 0. The number of rotatable bonds is 2. The Bertz CT molecular complexity index is 251. The summed E-state index contributed by atoms with van der Waals surface area (Å²) in [5.41, 5.74) is 3.17. The van der Waals surface area contributed by atoms with E-state index in [0.717, 1.165) is 5.92 Å². The molecule has 0 aromatic rings. The Labute approximate surface area is 80.4 Å². The molecule has 0 aromatic heterocycles. The van der Waals surface area contributed by atoms with Gasteiger partial charge in [0.2, 0.25) is 0 Å². The first-order valence-corrected chi connectivity index (χ1v) is 5.49. The molecule has 2 rings (SSSR count). The summed E-state index contributed by atoms with van der Waals surface area (Å²) < 4.78 is 0. The standard InChI is InChI=1S/C12H17N/c13-9-8-11-6-3-7-12(11)10-4-1-2-5-10/h10H,1-8H2. The summed E-state index contributed by atoms with van der Waals surface area (Å²) in [6.45, 7) is 0. The molecule has 0 aromatic carbocycles. The smallest absolute Gasteiger partial charge is 0.0666 e. The van der Waals surface area contributed by atoms with Gasteiger partial charge in [-0.1, -0.05) is 24.0 Å². The van der Waals surface area contributed by atoms with Gasteiger partial charge in [-0.2, -0.15) is 5.26 Å². The number of hydrogen-bond acceptors (Lipinski definition) is 1. The van der Waals surface area contributed by atoms with Crippen molar-refractivity contribution in [3.63, 3.8) is 0 Å². The average Bonchev–Trinajstić information content (AvgIpc) is 2.71. The van der Waals surface area contributed by atoms with Crippen LogP contribution < -0.4 is 0 Å². The van der Waals surface area contributed by atoms with Gasteiger partial charge in [-0.15, -0.1) is 0 Å². The van der Waals surface area contributed by atoms with Crippen molar-refractivity contribution in [2.45, 2.75) is 51.4 Å². The summed E-state index contributed by atoms with van der Waals surface area (Å²) >= 11 is 0. The molecule has 0 unspecified atom stereocenters. The Morgan fingerprint density at radius 1 is 1.15 bits per heavy atom. The zero-order chi connectivity index (χ0) is 9.10. The van der Waals surface area contributed by atoms with Crippen LogP contribution in [0.4, 0.5) is 0 Å². The van der Waals surface area contributed by atoms with E-state index in [1.165, 1.54) is 50.5 Å². The summed E-state index contributed by atoms with van der Waals surface area (Å²) in [5, 5.41) is 8.70. The highest BCUT2D eigenvalue weighted by molar-refractivity contribution is 5.25. The lowest BCUT2D eigenvalue weighted by Crippen LogP contribution is -1.98. The molecule has 0 bridgehead atoms. The molecular formula is C12H17N. The second-order valence-electron chi connectivity index (χ2n) is 4.30. The highest BCUT2D eigenvalue weighted by atomic mass is 14.3. The van der Waals surface area contributed by atoms with Crippen molar-refractivity contribution in [2.75, 3.05) is 0 Å². The molecule has 2 aliphatic rings. The van der Waals surface area contributed by atoms with Crippen LogP contribution in [0.1, 0.15) is 51.4 Å². The number of hydrogen-bond donors (Lipinski definition) is 0. The summed E-state index contributed by atoms with van der Waals surface area (Å²) in [5.74, 6) is 0.867. The van der Waals surface area contributed by atoms with E-state index in [1.54, 1.807) is 5.57 Å². The van der Waals surface area contributed by atoms with E-state index in [0.29, 0.717) is 6.42 Å². The molecule has 1 fully saturated rings. The van der Waals surface area contributed by atoms with Crippen LogP contribution in [-0.2, 0) is 0 Å². The first-order chi connectivity index (χ1) is 6.42. The Balaban J connectivity index is 2.09. The van der Waals surface area contributed by atoms with Crippen molar-refractivity contribution in [1.29, 1.82) is 5.26 Å². The average molecular weight is 175 g/mol. The minimum Gasteiger partial charge on any atom is -0.198 e. The van der Waals surface area contributed by atoms with Crippen LogP contribution in [0.5, 0.6) is 0 Å². The van der Waals surface area contributed by atoms with Gasteiger partial charge in [0.25, 0.3) is 0 Å². The molecule has 0 spiro atoms. The Kier molecular flexibility index (Phi) is 2.68. The lowest BCUT2D eigenvalue weighted by Gasteiger charge is -2.12. The monoisotopic (exact) mass is 175 g/mol. The summed E-state index contributed by atoms with van der Waals surface area (Å²) in [7, 11) is 0. The van der Waals surface area contributed by atoms with Crippen LogP contribution in [0.25, 0.3) is 0 Å². The Morgan fingerprint density at radius 3 is 2.62 bits per heavy atom. The van der Waals surface area contributed by atoms with E-state index in [9.17, 15) is 0 Å².